The molecule has 152 valence electrons. The molecule has 0 saturated carbocycles. The summed E-state index contributed by atoms with van der Waals surface area (Å²) in [6.07, 6.45) is 2.20. The first kappa shape index (κ1) is 21.8. The van der Waals surface area contributed by atoms with Crippen LogP contribution in [0.25, 0.3) is 0 Å². The molecule has 0 spiro atoms. The van der Waals surface area contributed by atoms with Gasteiger partial charge in [0.05, 0.1) is 0 Å². The van der Waals surface area contributed by atoms with Gasteiger partial charge in [0.1, 0.15) is 11.8 Å². The number of carboxylic acid groups (broad SMARTS) is 1. The van der Waals surface area contributed by atoms with Crippen LogP contribution >= 0.6 is 11.6 Å². The highest BCUT2D eigenvalue weighted by molar-refractivity contribution is 6.31. The van der Waals surface area contributed by atoms with Crippen molar-refractivity contribution in [2.75, 3.05) is 12.3 Å². The Labute approximate surface area is 169 Å². The van der Waals surface area contributed by atoms with Crippen molar-refractivity contribution in [2.24, 2.45) is 0 Å². The lowest BCUT2D eigenvalue weighted by Crippen LogP contribution is -2.47. The van der Waals surface area contributed by atoms with Gasteiger partial charge in [0.2, 0.25) is 0 Å². The van der Waals surface area contributed by atoms with E-state index in [1.165, 1.54) is 4.90 Å². The number of piperidine rings is 1. The third-order valence-corrected chi connectivity index (χ3v) is 4.62. The topological polar surface area (TPSA) is 110 Å². The maximum atomic E-state index is 12.3. The summed E-state index contributed by atoms with van der Waals surface area (Å²) in [5, 5.41) is 13.2. The molecule has 0 aliphatic carbocycles. The molecule has 3 rings (SSSR count). The van der Waals surface area contributed by atoms with Crippen LogP contribution in [0.5, 0.6) is 0 Å². The van der Waals surface area contributed by atoms with E-state index in [4.69, 9.17) is 27.0 Å². The molecule has 1 fully saturated rings. The molecule has 1 atom stereocenters. The number of aromatic nitrogens is 1. The number of nitrogens with two attached hydrogens (primary N) is 1. The summed E-state index contributed by atoms with van der Waals surface area (Å²) in [5.74, 6) is 0.0737. The standard InChI is InChI=1S/C13H14ClNO3.C7H12N2O/c14-10-5-3-4-9(8-10)12(16)15-7-2-1-6-11(15)13(17)18;1-7(2,3)5-4-6(8)9-10-5/h3-5,8,11H,1-2,6-7H2,(H,17,18);4H,1-3H3,(H2,8,9)/t11-;/m0./s1. The quantitative estimate of drug-likeness (QED) is 0.779. The largest absolute Gasteiger partial charge is 0.480 e. The van der Waals surface area contributed by atoms with Crippen molar-refractivity contribution in [1.82, 2.24) is 10.1 Å². The molecular weight excluding hydrogens is 382 g/mol. The average Bonchev–Trinajstić information content (AvgIpc) is 3.08. The highest BCUT2D eigenvalue weighted by Gasteiger charge is 2.32. The fraction of sp³-hybridized carbons (Fsp3) is 0.450. The number of anilines is 1. The van der Waals surface area contributed by atoms with E-state index in [1.54, 1.807) is 30.3 Å². The summed E-state index contributed by atoms with van der Waals surface area (Å²) in [4.78, 5) is 24.8. The summed E-state index contributed by atoms with van der Waals surface area (Å²) >= 11 is 5.84. The molecule has 2 aromatic rings. The van der Waals surface area contributed by atoms with Gasteiger partial charge in [-0.3, -0.25) is 4.79 Å². The van der Waals surface area contributed by atoms with Crippen LogP contribution in [-0.2, 0) is 10.2 Å². The Morgan fingerprint density at radius 3 is 2.50 bits per heavy atom. The van der Waals surface area contributed by atoms with Crippen molar-refractivity contribution < 1.29 is 19.2 Å². The number of rotatable bonds is 2. The molecule has 0 unspecified atom stereocenters. The van der Waals surface area contributed by atoms with Gasteiger partial charge in [0.25, 0.3) is 5.91 Å². The van der Waals surface area contributed by atoms with Crippen LogP contribution in [0.1, 0.15) is 56.2 Å². The van der Waals surface area contributed by atoms with Crippen LogP contribution in [0.2, 0.25) is 5.02 Å². The maximum Gasteiger partial charge on any atom is 0.326 e. The van der Waals surface area contributed by atoms with Crippen LogP contribution in [0.3, 0.4) is 0 Å². The van der Waals surface area contributed by atoms with Crippen LogP contribution < -0.4 is 5.73 Å². The fourth-order valence-corrected chi connectivity index (χ4v) is 3.05. The Hall–Kier alpha value is -2.54. The molecule has 8 heteroatoms. The highest BCUT2D eigenvalue weighted by Crippen LogP contribution is 2.23. The first-order chi connectivity index (χ1) is 13.1. The Kier molecular flexibility index (Phi) is 7.07. The molecule has 0 bridgehead atoms. The molecule has 1 aliphatic heterocycles. The van der Waals surface area contributed by atoms with Crippen LogP contribution in [0, 0.1) is 0 Å². The number of carboxylic acids is 1. The summed E-state index contributed by atoms with van der Waals surface area (Å²) in [7, 11) is 0. The van der Waals surface area contributed by atoms with E-state index in [2.05, 4.69) is 5.16 Å². The van der Waals surface area contributed by atoms with E-state index in [0.717, 1.165) is 18.6 Å². The van der Waals surface area contributed by atoms with Crippen LogP contribution in [0.4, 0.5) is 5.82 Å². The zero-order valence-corrected chi connectivity index (χ0v) is 17.1. The molecule has 3 N–H and O–H groups in total. The molecule has 7 nitrogen and oxygen atoms in total. The van der Waals surface area contributed by atoms with Crippen molar-refractivity contribution in [1.29, 1.82) is 0 Å². The van der Waals surface area contributed by atoms with Crippen LogP contribution in [-0.4, -0.2) is 39.6 Å². The number of halogens is 1. The van der Waals surface area contributed by atoms with Crippen molar-refractivity contribution in [3.63, 3.8) is 0 Å². The van der Waals surface area contributed by atoms with Gasteiger partial charge < -0.3 is 20.3 Å². The number of carbonyl (C=O) groups is 2. The fourth-order valence-electron chi connectivity index (χ4n) is 2.86. The van der Waals surface area contributed by atoms with E-state index in [1.807, 2.05) is 20.8 Å². The maximum absolute atomic E-state index is 12.3. The average molecular weight is 408 g/mol. The van der Waals surface area contributed by atoms with E-state index in [-0.39, 0.29) is 11.3 Å². The highest BCUT2D eigenvalue weighted by atomic mass is 35.5. The number of likely N-dealkylation sites (tertiary alicyclic amines) is 1. The smallest absolute Gasteiger partial charge is 0.326 e. The Bertz CT molecular complexity index is 829. The van der Waals surface area contributed by atoms with E-state index >= 15 is 0 Å². The Morgan fingerprint density at radius 2 is 2.00 bits per heavy atom. The van der Waals surface area contributed by atoms with Gasteiger partial charge in [0.15, 0.2) is 5.82 Å². The number of hydrogen-bond acceptors (Lipinski definition) is 5. The molecule has 1 aromatic heterocycles. The van der Waals surface area contributed by atoms with Crippen molar-refractivity contribution in [3.05, 3.63) is 46.7 Å². The zero-order valence-electron chi connectivity index (χ0n) is 16.3. The third kappa shape index (κ3) is 5.73. The Morgan fingerprint density at radius 1 is 1.29 bits per heavy atom. The third-order valence-electron chi connectivity index (χ3n) is 4.39. The predicted molar refractivity (Wildman–Crippen MR) is 107 cm³/mol. The number of benzene rings is 1. The van der Waals surface area contributed by atoms with E-state index in [0.29, 0.717) is 29.4 Å². The molecule has 2 heterocycles. The van der Waals surface area contributed by atoms with Crippen molar-refractivity contribution >= 4 is 29.3 Å². The van der Waals surface area contributed by atoms with Crippen molar-refractivity contribution in [3.8, 4) is 0 Å². The predicted octanol–water partition coefficient (Wildman–Crippen LogP) is 3.97. The first-order valence-corrected chi connectivity index (χ1v) is 9.49. The lowest BCUT2D eigenvalue weighted by molar-refractivity contribution is -0.143. The van der Waals surface area contributed by atoms with Gasteiger partial charge in [-0.25, -0.2) is 4.79 Å². The molecule has 1 aliphatic rings. The summed E-state index contributed by atoms with van der Waals surface area (Å²) in [6, 6.07) is 7.63. The summed E-state index contributed by atoms with van der Waals surface area (Å²) < 4.78 is 4.95. The first-order valence-electron chi connectivity index (χ1n) is 9.11. The minimum Gasteiger partial charge on any atom is -0.480 e. The zero-order chi connectivity index (χ0) is 20.9. The molecular formula is C20H26ClN3O4. The van der Waals surface area contributed by atoms with Crippen LogP contribution in [0.15, 0.2) is 34.9 Å². The lowest BCUT2D eigenvalue weighted by atomic mass is 9.93. The molecule has 1 saturated heterocycles. The second-order valence-corrected chi connectivity index (χ2v) is 8.16. The molecule has 1 amide bonds. The second kappa shape index (κ2) is 9.10. The number of carbonyl (C=O) groups excluding carboxylic acids is 1. The van der Waals surface area contributed by atoms with Gasteiger partial charge >= 0.3 is 5.97 Å². The van der Waals surface area contributed by atoms with E-state index in [9.17, 15) is 9.59 Å². The normalized spacial score (nSPS) is 16.9. The molecule has 28 heavy (non-hydrogen) atoms. The number of aliphatic carboxylic acids is 1. The monoisotopic (exact) mass is 407 g/mol. The van der Waals surface area contributed by atoms with Gasteiger partial charge in [-0.1, -0.05) is 43.6 Å². The van der Waals surface area contributed by atoms with Gasteiger partial charge in [-0.05, 0) is 37.5 Å². The lowest BCUT2D eigenvalue weighted by Gasteiger charge is -2.33. The van der Waals surface area contributed by atoms with E-state index < -0.39 is 12.0 Å². The minimum absolute atomic E-state index is 0.00458. The molecule has 1 aromatic carbocycles. The SMILES string of the molecule is CC(C)(C)c1cc(N)no1.O=C(O)[C@@H]1CCCCN1C(=O)c1cccc(Cl)c1. The second-order valence-electron chi connectivity index (χ2n) is 7.72. The number of amides is 1. The Balaban J connectivity index is 0.000000237. The number of hydrogen-bond donors (Lipinski definition) is 2. The van der Waals surface area contributed by atoms with Crippen molar-refractivity contribution in [2.45, 2.75) is 51.5 Å². The van der Waals surface area contributed by atoms with Gasteiger partial charge in [0, 0.05) is 28.6 Å². The number of nitrogen functional groups attached to an aromatic ring is 1. The van der Waals surface area contributed by atoms with Gasteiger partial charge in [-0.2, -0.15) is 0 Å². The van der Waals surface area contributed by atoms with Gasteiger partial charge in [-0.15, -0.1) is 0 Å². The summed E-state index contributed by atoms with van der Waals surface area (Å²) in [6.45, 7) is 6.63. The minimum atomic E-state index is -0.940. The number of nitrogens with zero attached hydrogens (tertiary/aromatic N) is 2. The molecule has 0 radical (unpaired) electrons. The summed E-state index contributed by atoms with van der Waals surface area (Å²) in [5.41, 5.74) is 5.82.